The van der Waals surface area contributed by atoms with Gasteiger partial charge in [0.05, 0.1) is 0 Å². The van der Waals surface area contributed by atoms with Gasteiger partial charge in [-0.25, -0.2) is 4.98 Å². The van der Waals surface area contributed by atoms with E-state index in [-0.39, 0.29) is 5.41 Å². The van der Waals surface area contributed by atoms with Gasteiger partial charge in [0.1, 0.15) is 5.82 Å². The molecule has 4 heteroatoms. The van der Waals surface area contributed by atoms with Crippen molar-refractivity contribution in [3.05, 3.63) is 11.6 Å². The molecule has 2 rings (SSSR count). The molecule has 1 N–H and O–H groups in total. The maximum atomic E-state index is 4.67. The van der Waals surface area contributed by atoms with E-state index >= 15 is 0 Å². The minimum absolute atomic E-state index is 0.217. The highest BCUT2D eigenvalue weighted by Gasteiger charge is 2.38. The summed E-state index contributed by atoms with van der Waals surface area (Å²) in [5.41, 5.74) is 0.217. The van der Waals surface area contributed by atoms with Crippen LogP contribution < -0.4 is 5.32 Å². The maximum absolute atomic E-state index is 4.67. The van der Waals surface area contributed by atoms with Gasteiger partial charge in [-0.15, -0.1) is 0 Å². The lowest BCUT2D eigenvalue weighted by atomic mass is 9.83. The average Bonchev–Trinajstić information content (AvgIpc) is 2.84. The zero-order valence-electron chi connectivity index (χ0n) is 9.88. The lowest BCUT2D eigenvalue weighted by Gasteiger charge is -2.24. The van der Waals surface area contributed by atoms with Crippen LogP contribution in [0.15, 0.2) is 0 Å². The Morgan fingerprint density at radius 3 is 2.73 bits per heavy atom. The normalized spacial score (nSPS) is 26.1. The van der Waals surface area contributed by atoms with Crippen molar-refractivity contribution in [2.45, 2.75) is 38.5 Å². The van der Waals surface area contributed by atoms with Crippen LogP contribution in [0.4, 0.5) is 0 Å². The Labute approximate surface area is 91.1 Å². The third-order valence-corrected chi connectivity index (χ3v) is 3.52. The Bertz CT molecular complexity index is 336. The van der Waals surface area contributed by atoms with E-state index in [1.54, 1.807) is 0 Å². The molecule has 0 spiro atoms. The largest absolute Gasteiger partial charge is 0.316 e. The SMILES string of the molecule is CCc1nc(C2(CC)CCNC2)n(C)n1. The van der Waals surface area contributed by atoms with Crippen molar-refractivity contribution >= 4 is 0 Å². The minimum atomic E-state index is 0.217. The van der Waals surface area contributed by atoms with Crippen LogP contribution in [0.2, 0.25) is 0 Å². The fourth-order valence-electron chi connectivity index (χ4n) is 2.44. The second kappa shape index (κ2) is 3.93. The van der Waals surface area contributed by atoms with Crippen LogP contribution in [-0.4, -0.2) is 27.9 Å². The van der Waals surface area contributed by atoms with Crippen molar-refractivity contribution in [1.29, 1.82) is 0 Å². The van der Waals surface area contributed by atoms with Crippen LogP contribution in [0.1, 0.15) is 38.3 Å². The molecule has 1 saturated heterocycles. The molecule has 1 atom stereocenters. The number of rotatable bonds is 3. The molecular weight excluding hydrogens is 188 g/mol. The van der Waals surface area contributed by atoms with Gasteiger partial charge in [0, 0.05) is 25.4 Å². The second-order valence-corrected chi connectivity index (χ2v) is 4.39. The molecule has 0 bridgehead atoms. The van der Waals surface area contributed by atoms with Gasteiger partial charge in [0.2, 0.25) is 0 Å². The smallest absolute Gasteiger partial charge is 0.150 e. The van der Waals surface area contributed by atoms with Gasteiger partial charge in [-0.05, 0) is 19.4 Å². The molecule has 84 valence electrons. The van der Waals surface area contributed by atoms with E-state index in [4.69, 9.17) is 0 Å². The molecule has 1 unspecified atom stereocenters. The first-order chi connectivity index (χ1) is 7.22. The Morgan fingerprint density at radius 1 is 1.47 bits per heavy atom. The molecule has 1 fully saturated rings. The van der Waals surface area contributed by atoms with Crippen LogP contribution in [0.3, 0.4) is 0 Å². The molecule has 1 aromatic rings. The molecule has 0 radical (unpaired) electrons. The van der Waals surface area contributed by atoms with E-state index in [9.17, 15) is 0 Å². The summed E-state index contributed by atoms with van der Waals surface area (Å²) in [4.78, 5) is 4.67. The number of hydrogen-bond donors (Lipinski definition) is 1. The second-order valence-electron chi connectivity index (χ2n) is 4.39. The highest BCUT2D eigenvalue weighted by atomic mass is 15.3. The molecule has 0 aliphatic carbocycles. The molecule has 15 heavy (non-hydrogen) atoms. The Balaban J connectivity index is 2.37. The van der Waals surface area contributed by atoms with Crippen molar-refractivity contribution in [3.63, 3.8) is 0 Å². The summed E-state index contributed by atoms with van der Waals surface area (Å²) in [5, 5.41) is 7.88. The topological polar surface area (TPSA) is 42.7 Å². The monoisotopic (exact) mass is 208 g/mol. The maximum Gasteiger partial charge on any atom is 0.150 e. The fourth-order valence-corrected chi connectivity index (χ4v) is 2.44. The molecule has 1 aromatic heterocycles. The zero-order valence-corrected chi connectivity index (χ0v) is 9.88. The van der Waals surface area contributed by atoms with Gasteiger partial charge in [-0.3, -0.25) is 4.68 Å². The van der Waals surface area contributed by atoms with Crippen LogP contribution >= 0.6 is 0 Å². The molecule has 4 nitrogen and oxygen atoms in total. The Hall–Kier alpha value is -0.900. The van der Waals surface area contributed by atoms with Crippen LogP contribution in [0.25, 0.3) is 0 Å². The molecule has 0 amide bonds. The third kappa shape index (κ3) is 1.67. The molecular formula is C11H20N4. The lowest BCUT2D eigenvalue weighted by Crippen LogP contribution is -2.31. The van der Waals surface area contributed by atoms with Crippen LogP contribution in [0.5, 0.6) is 0 Å². The summed E-state index contributed by atoms with van der Waals surface area (Å²) in [6.07, 6.45) is 3.23. The van der Waals surface area contributed by atoms with E-state index < -0.39 is 0 Å². The molecule has 2 heterocycles. The standard InChI is InChI=1S/C11H20N4/c1-4-9-13-10(15(3)14-9)11(5-2)6-7-12-8-11/h12H,4-8H2,1-3H3. The first-order valence-electron chi connectivity index (χ1n) is 5.83. The molecule has 0 aromatic carbocycles. The Kier molecular flexibility index (Phi) is 2.78. The van der Waals surface area contributed by atoms with E-state index in [2.05, 4.69) is 29.2 Å². The number of nitrogens with zero attached hydrogens (tertiary/aromatic N) is 3. The van der Waals surface area contributed by atoms with Crippen LogP contribution in [-0.2, 0) is 18.9 Å². The summed E-state index contributed by atoms with van der Waals surface area (Å²) in [6, 6.07) is 0. The van der Waals surface area contributed by atoms with Crippen molar-refractivity contribution in [3.8, 4) is 0 Å². The van der Waals surface area contributed by atoms with E-state index in [1.165, 1.54) is 6.42 Å². The van der Waals surface area contributed by atoms with Crippen molar-refractivity contribution in [1.82, 2.24) is 20.1 Å². The van der Waals surface area contributed by atoms with Gasteiger partial charge >= 0.3 is 0 Å². The first kappa shape index (κ1) is 10.6. The minimum Gasteiger partial charge on any atom is -0.316 e. The summed E-state index contributed by atoms with van der Waals surface area (Å²) in [7, 11) is 2.01. The number of aromatic nitrogens is 3. The summed E-state index contributed by atoms with van der Waals surface area (Å²) in [5.74, 6) is 2.12. The fraction of sp³-hybridized carbons (Fsp3) is 0.818. The van der Waals surface area contributed by atoms with Gasteiger partial charge in [0.15, 0.2) is 5.82 Å². The van der Waals surface area contributed by atoms with Crippen LogP contribution in [0, 0.1) is 0 Å². The predicted octanol–water partition coefficient (Wildman–Crippen LogP) is 1.02. The van der Waals surface area contributed by atoms with Crippen molar-refractivity contribution in [2.75, 3.05) is 13.1 Å². The van der Waals surface area contributed by atoms with E-state index in [1.807, 2.05) is 11.7 Å². The average molecular weight is 208 g/mol. The highest BCUT2D eigenvalue weighted by Crippen LogP contribution is 2.32. The molecule has 1 aliphatic heterocycles. The summed E-state index contributed by atoms with van der Waals surface area (Å²) in [6.45, 7) is 6.49. The Morgan fingerprint density at radius 2 is 2.27 bits per heavy atom. The molecule has 0 saturated carbocycles. The van der Waals surface area contributed by atoms with Gasteiger partial charge < -0.3 is 5.32 Å². The first-order valence-corrected chi connectivity index (χ1v) is 5.83. The number of nitrogens with one attached hydrogen (secondary N) is 1. The number of hydrogen-bond acceptors (Lipinski definition) is 3. The predicted molar refractivity (Wildman–Crippen MR) is 59.8 cm³/mol. The van der Waals surface area contributed by atoms with Gasteiger partial charge in [-0.1, -0.05) is 13.8 Å². The van der Waals surface area contributed by atoms with E-state index in [0.29, 0.717) is 0 Å². The van der Waals surface area contributed by atoms with Gasteiger partial charge in [-0.2, -0.15) is 5.10 Å². The highest BCUT2D eigenvalue weighted by molar-refractivity contribution is 5.13. The zero-order chi connectivity index (χ0) is 10.9. The lowest BCUT2D eigenvalue weighted by molar-refractivity contribution is 0.405. The van der Waals surface area contributed by atoms with Crippen molar-refractivity contribution in [2.24, 2.45) is 7.05 Å². The van der Waals surface area contributed by atoms with Crippen molar-refractivity contribution < 1.29 is 0 Å². The quantitative estimate of drug-likeness (QED) is 0.806. The summed E-state index contributed by atoms with van der Waals surface area (Å²) >= 11 is 0. The van der Waals surface area contributed by atoms with Gasteiger partial charge in [0.25, 0.3) is 0 Å². The van der Waals surface area contributed by atoms with E-state index in [0.717, 1.165) is 37.6 Å². The summed E-state index contributed by atoms with van der Waals surface area (Å²) < 4.78 is 1.97. The third-order valence-electron chi connectivity index (χ3n) is 3.52. The number of aryl methyl sites for hydroxylation is 2. The molecule has 1 aliphatic rings.